The smallest absolute Gasteiger partial charge is 0.326 e. The molecule has 1 amide bonds. The Bertz CT molecular complexity index is 1160. The summed E-state index contributed by atoms with van der Waals surface area (Å²) in [6, 6.07) is 15.3. The van der Waals surface area contributed by atoms with Gasteiger partial charge in [-0.2, -0.15) is 0 Å². The number of anilines is 2. The van der Waals surface area contributed by atoms with Crippen LogP contribution in [0.25, 0.3) is 0 Å². The number of hydrogen-bond acceptors (Lipinski definition) is 4. The Labute approximate surface area is 203 Å². The lowest BCUT2D eigenvalue weighted by atomic mass is 10.0. The van der Waals surface area contributed by atoms with E-state index in [0.717, 1.165) is 6.07 Å². The number of benzene rings is 3. The highest BCUT2D eigenvalue weighted by Crippen LogP contribution is 2.21. The Morgan fingerprint density at radius 2 is 1.60 bits per heavy atom. The van der Waals surface area contributed by atoms with Crippen LogP contribution < -0.4 is 16.0 Å². The number of carbonyl (C=O) groups is 2. The average molecular weight is 482 g/mol. The normalized spacial score (nSPS) is 10.9. The van der Waals surface area contributed by atoms with Crippen LogP contribution in [0.15, 0.2) is 73.4 Å². The van der Waals surface area contributed by atoms with E-state index in [1.54, 1.807) is 30.3 Å². The molecule has 0 aliphatic rings. The maximum absolute atomic E-state index is 13.5. The van der Waals surface area contributed by atoms with Gasteiger partial charge in [-0.1, -0.05) is 55.1 Å². The van der Waals surface area contributed by atoms with Crippen LogP contribution in [0.3, 0.4) is 0 Å². The number of para-hydroxylation sites is 1. The van der Waals surface area contributed by atoms with Crippen LogP contribution in [0.1, 0.15) is 27.0 Å². The van der Waals surface area contributed by atoms with Crippen molar-refractivity contribution >= 4 is 23.3 Å². The summed E-state index contributed by atoms with van der Waals surface area (Å²) in [5, 5.41) is 17.3. The number of halogens is 2. The third-order valence-electron chi connectivity index (χ3n) is 5.18. The molecule has 184 valence electrons. The van der Waals surface area contributed by atoms with Gasteiger partial charge in [0.15, 0.2) is 11.6 Å². The molecular formula is C27H29F2N3O3. The Kier molecular flexibility index (Phi) is 9.96. The van der Waals surface area contributed by atoms with Gasteiger partial charge in [0.2, 0.25) is 0 Å². The maximum Gasteiger partial charge on any atom is 0.326 e. The minimum atomic E-state index is -1.24. The third kappa shape index (κ3) is 7.67. The molecule has 0 radical (unpaired) electrons. The van der Waals surface area contributed by atoms with Crippen molar-refractivity contribution in [2.45, 2.75) is 26.3 Å². The first-order chi connectivity index (χ1) is 16.7. The molecule has 0 aliphatic heterocycles. The van der Waals surface area contributed by atoms with Crippen LogP contribution in [0.5, 0.6) is 0 Å². The fourth-order valence-electron chi connectivity index (χ4n) is 3.46. The number of carbonyl (C=O) groups excluding carboxylic acids is 1. The van der Waals surface area contributed by atoms with Gasteiger partial charge in [0.1, 0.15) is 6.04 Å². The van der Waals surface area contributed by atoms with E-state index in [9.17, 15) is 23.5 Å². The van der Waals surface area contributed by atoms with Crippen LogP contribution in [0.4, 0.5) is 20.2 Å². The first-order valence-corrected chi connectivity index (χ1v) is 10.9. The third-order valence-corrected chi connectivity index (χ3v) is 5.18. The van der Waals surface area contributed by atoms with Gasteiger partial charge in [-0.3, -0.25) is 4.79 Å². The van der Waals surface area contributed by atoms with E-state index in [0.29, 0.717) is 11.6 Å². The molecule has 3 aromatic carbocycles. The summed E-state index contributed by atoms with van der Waals surface area (Å²) >= 11 is 0. The van der Waals surface area contributed by atoms with Crippen molar-refractivity contribution in [1.82, 2.24) is 5.32 Å². The Balaban J connectivity index is 0.000000360. The molecule has 0 fully saturated rings. The molecule has 3 aromatic rings. The molecule has 0 heterocycles. The molecule has 3 rings (SSSR count). The van der Waals surface area contributed by atoms with Crippen molar-refractivity contribution in [3.8, 4) is 0 Å². The summed E-state index contributed by atoms with van der Waals surface area (Å²) in [5.41, 5.74) is 4.34. The molecule has 0 spiro atoms. The van der Waals surface area contributed by atoms with Crippen LogP contribution in [0.2, 0.25) is 0 Å². The average Bonchev–Trinajstić information content (AvgIpc) is 2.82. The summed E-state index contributed by atoms with van der Waals surface area (Å²) in [5.74, 6) is -4.43. The van der Waals surface area contributed by atoms with Gasteiger partial charge < -0.3 is 21.1 Å². The minimum absolute atomic E-state index is 0.0183. The Morgan fingerprint density at radius 1 is 1.00 bits per heavy atom. The summed E-state index contributed by atoms with van der Waals surface area (Å²) in [6.07, 6.45) is 1.25. The second-order valence-corrected chi connectivity index (χ2v) is 7.73. The summed E-state index contributed by atoms with van der Waals surface area (Å²) in [4.78, 5) is 23.8. The summed E-state index contributed by atoms with van der Waals surface area (Å²) < 4.78 is 26.8. The van der Waals surface area contributed by atoms with Gasteiger partial charge in [0, 0.05) is 25.2 Å². The van der Waals surface area contributed by atoms with Gasteiger partial charge in [0.05, 0.1) is 11.3 Å². The highest BCUT2D eigenvalue weighted by molar-refractivity contribution is 6.01. The van der Waals surface area contributed by atoms with Crippen molar-refractivity contribution in [3.05, 3.63) is 107 Å². The first-order valence-electron chi connectivity index (χ1n) is 10.9. The first kappa shape index (κ1) is 27.0. The zero-order chi connectivity index (χ0) is 26.0. The van der Waals surface area contributed by atoms with Crippen molar-refractivity contribution in [2.75, 3.05) is 17.7 Å². The SMILES string of the molecule is C=CNc1cc(F)c(F)cc1C(=O)N[C@@H](Cc1ccccc1)C(=O)O.CNc1c(C)cccc1C. The Hall–Kier alpha value is -4.20. The van der Waals surface area contributed by atoms with Gasteiger partial charge in [-0.05, 0) is 42.8 Å². The highest BCUT2D eigenvalue weighted by Gasteiger charge is 2.23. The summed E-state index contributed by atoms with van der Waals surface area (Å²) in [7, 11) is 1.95. The zero-order valence-corrected chi connectivity index (χ0v) is 19.9. The van der Waals surface area contributed by atoms with E-state index in [4.69, 9.17) is 0 Å². The second kappa shape index (κ2) is 12.9. The number of carboxylic acid groups (broad SMARTS) is 1. The van der Waals surface area contributed by atoms with Gasteiger partial charge in [-0.25, -0.2) is 13.6 Å². The molecule has 4 N–H and O–H groups in total. The van der Waals surface area contributed by atoms with E-state index in [2.05, 4.69) is 54.6 Å². The van der Waals surface area contributed by atoms with E-state index in [1.807, 2.05) is 7.05 Å². The standard InChI is InChI=1S/C18H16F2N2O3.C9H13N/c1-2-21-15-10-14(20)13(19)9-12(15)17(23)22-16(18(24)25)8-11-6-4-3-5-7-11;1-7-5-4-6-8(2)9(7)10-3/h2-7,9-10,16,21H,1,8H2,(H,22,23)(H,24,25);4-6,10H,1-3H3/t16-;/m0./s1. The predicted octanol–water partition coefficient (Wildman–Crippen LogP) is 5.29. The summed E-state index contributed by atoms with van der Waals surface area (Å²) in [6.45, 7) is 7.62. The Morgan fingerprint density at radius 3 is 2.11 bits per heavy atom. The molecule has 0 saturated carbocycles. The largest absolute Gasteiger partial charge is 0.480 e. The van der Waals surface area contributed by atoms with Crippen molar-refractivity contribution in [3.63, 3.8) is 0 Å². The quantitative estimate of drug-likeness (QED) is 0.351. The molecule has 0 saturated heterocycles. The lowest BCUT2D eigenvalue weighted by Gasteiger charge is -2.16. The van der Waals surface area contributed by atoms with E-state index < -0.39 is 29.6 Å². The topological polar surface area (TPSA) is 90.5 Å². The van der Waals surface area contributed by atoms with Gasteiger partial charge >= 0.3 is 5.97 Å². The van der Waals surface area contributed by atoms with Crippen molar-refractivity contribution in [1.29, 1.82) is 0 Å². The molecule has 8 heteroatoms. The number of nitrogens with one attached hydrogen (secondary N) is 3. The van der Waals surface area contributed by atoms with E-state index >= 15 is 0 Å². The van der Waals surface area contributed by atoms with Crippen LogP contribution in [0, 0.1) is 25.5 Å². The lowest BCUT2D eigenvalue weighted by molar-refractivity contribution is -0.139. The molecule has 0 unspecified atom stereocenters. The van der Waals surface area contributed by atoms with Crippen LogP contribution in [-0.4, -0.2) is 30.1 Å². The fraction of sp³-hybridized carbons (Fsp3) is 0.185. The van der Waals surface area contributed by atoms with Crippen molar-refractivity contribution < 1.29 is 23.5 Å². The number of aryl methyl sites for hydroxylation is 2. The zero-order valence-electron chi connectivity index (χ0n) is 19.9. The van der Waals surface area contributed by atoms with E-state index in [1.165, 1.54) is 23.0 Å². The molecule has 1 atom stereocenters. The maximum atomic E-state index is 13.5. The molecule has 35 heavy (non-hydrogen) atoms. The number of amides is 1. The van der Waals surface area contributed by atoms with Crippen LogP contribution in [-0.2, 0) is 11.2 Å². The minimum Gasteiger partial charge on any atom is -0.480 e. The molecule has 0 bridgehead atoms. The predicted molar refractivity (Wildman–Crippen MR) is 135 cm³/mol. The molecule has 0 aromatic heterocycles. The number of carboxylic acids is 1. The number of rotatable bonds is 8. The molecular weight excluding hydrogens is 452 g/mol. The van der Waals surface area contributed by atoms with Crippen LogP contribution >= 0.6 is 0 Å². The second-order valence-electron chi connectivity index (χ2n) is 7.73. The van der Waals surface area contributed by atoms with Gasteiger partial charge in [0.25, 0.3) is 5.91 Å². The monoisotopic (exact) mass is 481 g/mol. The van der Waals surface area contributed by atoms with Gasteiger partial charge in [-0.15, -0.1) is 0 Å². The molecule has 0 aliphatic carbocycles. The molecule has 6 nitrogen and oxygen atoms in total. The number of hydrogen-bond donors (Lipinski definition) is 4. The number of aliphatic carboxylic acids is 1. The highest BCUT2D eigenvalue weighted by atomic mass is 19.2. The lowest BCUT2D eigenvalue weighted by Crippen LogP contribution is -2.42. The van der Waals surface area contributed by atoms with Crippen molar-refractivity contribution in [2.24, 2.45) is 0 Å². The fourth-order valence-corrected chi connectivity index (χ4v) is 3.46. The van der Waals surface area contributed by atoms with E-state index in [-0.39, 0.29) is 17.7 Å².